The first-order valence-corrected chi connectivity index (χ1v) is 14.1. The molecule has 1 aliphatic rings. The predicted octanol–water partition coefficient (Wildman–Crippen LogP) is 4.97. The largest absolute Gasteiger partial charge is 0.493 e. The Morgan fingerprint density at radius 3 is 2.34 bits per heavy atom. The van der Waals surface area contributed by atoms with E-state index in [0.717, 1.165) is 17.3 Å². The number of nitrogens with zero attached hydrogens (tertiary/aromatic N) is 2. The minimum Gasteiger partial charge on any atom is -0.493 e. The summed E-state index contributed by atoms with van der Waals surface area (Å²) in [6, 6.07) is 23.0. The van der Waals surface area contributed by atoms with Crippen LogP contribution in [0.2, 0.25) is 0 Å². The Kier molecular flexibility index (Phi) is 9.22. The van der Waals surface area contributed by atoms with Crippen molar-refractivity contribution in [1.82, 2.24) is 4.90 Å². The van der Waals surface area contributed by atoms with Gasteiger partial charge in [0.25, 0.3) is 15.9 Å². The van der Waals surface area contributed by atoms with Gasteiger partial charge >= 0.3 is 0 Å². The van der Waals surface area contributed by atoms with Gasteiger partial charge < -0.3 is 14.2 Å². The van der Waals surface area contributed by atoms with Crippen LogP contribution in [0.5, 0.6) is 11.5 Å². The van der Waals surface area contributed by atoms with Gasteiger partial charge in [0, 0.05) is 20.3 Å². The Hall–Kier alpha value is -3.60. The molecule has 1 fully saturated rings. The molecule has 0 atom stereocenters. The third-order valence-electron chi connectivity index (χ3n) is 5.58. The van der Waals surface area contributed by atoms with Crippen LogP contribution in [-0.4, -0.2) is 51.8 Å². The molecule has 1 heterocycles. The van der Waals surface area contributed by atoms with E-state index in [9.17, 15) is 13.2 Å². The molecule has 0 unspecified atom stereocenters. The van der Waals surface area contributed by atoms with Crippen LogP contribution in [-0.2, 0) is 26.2 Å². The summed E-state index contributed by atoms with van der Waals surface area (Å²) in [7, 11) is -0.864. The maximum Gasteiger partial charge on any atom is 0.284 e. The second-order valence-corrected chi connectivity index (χ2v) is 10.9. The number of hydrogen-bond acceptors (Lipinski definition) is 7. The maximum absolute atomic E-state index is 13.3. The zero-order valence-corrected chi connectivity index (χ0v) is 22.7. The summed E-state index contributed by atoms with van der Waals surface area (Å²) in [6.45, 7) is 1.05. The van der Waals surface area contributed by atoms with E-state index in [4.69, 9.17) is 14.2 Å². The van der Waals surface area contributed by atoms with Gasteiger partial charge in [-0.3, -0.25) is 9.69 Å². The molecule has 0 spiro atoms. The Morgan fingerprint density at radius 2 is 1.66 bits per heavy atom. The van der Waals surface area contributed by atoms with Gasteiger partial charge in [-0.05, 0) is 59.7 Å². The number of amidine groups is 1. The van der Waals surface area contributed by atoms with Crippen molar-refractivity contribution in [2.45, 2.75) is 17.9 Å². The summed E-state index contributed by atoms with van der Waals surface area (Å²) in [4.78, 5) is 15.1. The van der Waals surface area contributed by atoms with Crippen molar-refractivity contribution in [2.75, 3.05) is 27.4 Å². The number of benzene rings is 3. The molecule has 1 aliphatic heterocycles. The van der Waals surface area contributed by atoms with E-state index in [1.807, 2.05) is 30.3 Å². The molecule has 10 heteroatoms. The van der Waals surface area contributed by atoms with Crippen LogP contribution in [0.1, 0.15) is 17.5 Å². The molecule has 0 saturated carbocycles. The molecule has 3 aromatic rings. The highest BCUT2D eigenvalue weighted by Gasteiger charge is 2.34. The molecular formula is C28H28N2O6S2. The lowest BCUT2D eigenvalue weighted by molar-refractivity contribution is -0.122. The van der Waals surface area contributed by atoms with E-state index >= 15 is 0 Å². The van der Waals surface area contributed by atoms with Gasteiger partial charge in [-0.1, -0.05) is 54.6 Å². The molecule has 38 heavy (non-hydrogen) atoms. The van der Waals surface area contributed by atoms with E-state index in [0.29, 0.717) is 41.6 Å². The number of hydrogen-bond donors (Lipinski definition) is 0. The van der Waals surface area contributed by atoms with Crippen LogP contribution in [0.15, 0.2) is 93.1 Å². The molecule has 1 saturated heterocycles. The van der Waals surface area contributed by atoms with Crippen LogP contribution in [0.4, 0.5) is 0 Å². The first-order chi connectivity index (χ1) is 18.4. The van der Waals surface area contributed by atoms with E-state index in [-0.39, 0.29) is 22.5 Å². The summed E-state index contributed by atoms with van der Waals surface area (Å²) in [5, 5.41) is 0.107. The van der Waals surface area contributed by atoms with Crippen molar-refractivity contribution >= 4 is 38.9 Å². The number of methoxy groups -OCH3 is 2. The van der Waals surface area contributed by atoms with Gasteiger partial charge in [-0.15, -0.1) is 4.40 Å². The first-order valence-electron chi connectivity index (χ1n) is 11.9. The number of sulfonamides is 1. The number of thioether (sulfide) groups is 1. The zero-order chi connectivity index (χ0) is 27.0. The SMILES string of the molecule is COCCCN1C(=O)C(=Cc2ccc(OC)c(OCc3ccccc3)c2)SC1=NS(=O)(=O)c1ccccc1. The molecule has 4 rings (SSSR count). The van der Waals surface area contributed by atoms with Gasteiger partial charge in [0.15, 0.2) is 16.7 Å². The van der Waals surface area contributed by atoms with Crippen molar-refractivity contribution in [2.24, 2.45) is 4.40 Å². The second-order valence-electron chi connectivity index (χ2n) is 8.26. The maximum atomic E-state index is 13.3. The Morgan fingerprint density at radius 1 is 0.947 bits per heavy atom. The molecule has 1 amide bonds. The van der Waals surface area contributed by atoms with Gasteiger partial charge in [-0.2, -0.15) is 8.42 Å². The smallest absolute Gasteiger partial charge is 0.284 e. The highest BCUT2D eigenvalue weighted by Crippen LogP contribution is 2.36. The van der Waals surface area contributed by atoms with Crippen LogP contribution >= 0.6 is 11.8 Å². The van der Waals surface area contributed by atoms with Crippen LogP contribution in [0.3, 0.4) is 0 Å². The summed E-state index contributed by atoms with van der Waals surface area (Å²) < 4.78 is 46.4. The molecule has 0 radical (unpaired) electrons. The monoisotopic (exact) mass is 552 g/mol. The van der Waals surface area contributed by atoms with Crippen LogP contribution in [0.25, 0.3) is 6.08 Å². The second kappa shape index (κ2) is 12.8. The van der Waals surface area contributed by atoms with E-state index < -0.39 is 10.0 Å². The molecule has 0 N–H and O–H groups in total. The van der Waals surface area contributed by atoms with Crippen LogP contribution < -0.4 is 9.47 Å². The lowest BCUT2D eigenvalue weighted by Crippen LogP contribution is -2.31. The lowest BCUT2D eigenvalue weighted by Gasteiger charge is -2.15. The third-order valence-corrected chi connectivity index (χ3v) is 7.98. The fraction of sp³-hybridized carbons (Fsp3) is 0.214. The van der Waals surface area contributed by atoms with Crippen molar-refractivity contribution in [1.29, 1.82) is 0 Å². The Balaban J connectivity index is 1.62. The van der Waals surface area contributed by atoms with Crippen molar-refractivity contribution in [3.8, 4) is 11.5 Å². The quantitative estimate of drug-likeness (QED) is 0.245. The molecule has 0 aliphatic carbocycles. The van der Waals surface area contributed by atoms with Gasteiger partial charge in [-0.25, -0.2) is 0 Å². The molecule has 3 aromatic carbocycles. The number of amides is 1. The highest BCUT2D eigenvalue weighted by molar-refractivity contribution is 8.19. The van der Waals surface area contributed by atoms with Gasteiger partial charge in [0.2, 0.25) is 0 Å². The summed E-state index contributed by atoms with van der Waals surface area (Å²) in [6.07, 6.45) is 2.23. The van der Waals surface area contributed by atoms with Gasteiger partial charge in [0.05, 0.1) is 16.9 Å². The number of carbonyl (C=O) groups excluding carboxylic acids is 1. The summed E-state index contributed by atoms with van der Waals surface area (Å²) in [5.74, 6) is 0.764. The predicted molar refractivity (Wildman–Crippen MR) is 149 cm³/mol. The normalized spacial score (nSPS) is 15.8. The van der Waals surface area contributed by atoms with E-state index in [1.165, 1.54) is 17.0 Å². The summed E-state index contributed by atoms with van der Waals surface area (Å²) in [5.41, 5.74) is 1.71. The van der Waals surface area contributed by atoms with Gasteiger partial charge in [0.1, 0.15) is 6.61 Å². The van der Waals surface area contributed by atoms with Crippen molar-refractivity contribution in [3.05, 3.63) is 94.9 Å². The molecule has 0 aromatic heterocycles. The zero-order valence-electron chi connectivity index (χ0n) is 21.1. The highest BCUT2D eigenvalue weighted by atomic mass is 32.2. The minimum atomic E-state index is -4.00. The number of carbonyl (C=O) groups is 1. The molecule has 198 valence electrons. The minimum absolute atomic E-state index is 0.0604. The van der Waals surface area contributed by atoms with Crippen molar-refractivity contribution < 1.29 is 27.4 Å². The fourth-order valence-electron chi connectivity index (χ4n) is 3.67. The molecular weight excluding hydrogens is 524 g/mol. The molecule has 8 nitrogen and oxygen atoms in total. The van der Waals surface area contributed by atoms with E-state index in [2.05, 4.69) is 4.40 Å². The van der Waals surface area contributed by atoms with Crippen LogP contribution in [0, 0.1) is 0 Å². The van der Waals surface area contributed by atoms with E-state index in [1.54, 1.807) is 56.7 Å². The first kappa shape index (κ1) is 27.4. The fourth-order valence-corrected chi connectivity index (χ4v) is 5.90. The average molecular weight is 553 g/mol. The Bertz CT molecular complexity index is 1420. The average Bonchev–Trinajstić information content (AvgIpc) is 3.21. The topological polar surface area (TPSA) is 94.5 Å². The number of ether oxygens (including phenoxy) is 3. The molecule has 0 bridgehead atoms. The standard InChI is InChI=1S/C28H28N2O6S2/c1-34-17-9-16-30-27(31)26(37-28(30)29-38(32,33)23-12-7-4-8-13-23)19-22-14-15-24(35-2)25(18-22)36-20-21-10-5-3-6-11-21/h3-8,10-15,18-19H,9,16-17,20H2,1-2H3. The Labute approximate surface area is 227 Å². The number of rotatable bonds is 11. The summed E-state index contributed by atoms with van der Waals surface area (Å²) >= 11 is 1.02. The van der Waals surface area contributed by atoms with Crippen molar-refractivity contribution in [3.63, 3.8) is 0 Å². The third kappa shape index (κ3) is 6.83. The lowest BCUT2D eigenvalue weighted by atomic mass is 10.1.